The highest BCUT2D eigenvalue weighted by Gasteiger charge is 2.08. The summed E-state index contributed by atoms with van der Waals surface area (Å²) in [6, 6.07) is 11.4. The van der Waals surface area contributed by atoms with Crippen molar-refractivity contribution in [3.05, 3.63) is 42.0 Å². The second-order valence-electron chi connectivity index (χ2n) is 4.26. The van der Waals surface area contributed by atoms with Crippen molar-refractivity contribution >= 4 is 27.2 Å². The van der Waals surface area contributed by atoms with Crippen molar-refractivity contribution in [2.45, 2.75) is 6.92 Å². The second kappa shape index (κ2) is 3.99. The maximum absolute atomic E-state index is 9.42. The maximum atomic E-state index is 9.42. The number of aromatic nitrogens is 1. The van der Waals surface area contributed by atoms with E-state index < -0.39 is 0 Å². The molecule has 0 unspecified atom stereocenters. The maximum Gasteiger partial charge on any atom is 0.138 e. The highest BCUT2D eigenvalue weighted by Crippen LogP contribution is 2.33. The number of aromatic hydroxyl groups is 1. The van der Waals surface area contributed by atoms with Crippen LogP contribution >= 0.6 is 11.3 Å². The van der Waals surface area contributed by atoms with Crippen LogP contribution in [0.15, 0.2) is 36.4 Å². The van der Waals surface area contributed by atoms with E-state index in [-0.39, 0.29) is 5.75 Å². The number of phenolic OH excluding ortho intramolecular Hbond substituents is 1. The van der Waals surface area contributed by atoms with Gasteiger partial charge in [-0.05, 0) is 42.8 Å². The van der Waals surface area contributed by atoms with Crippen LogP contribution in [-0.4, -0.2) is 10.1 Å². The third-order valence-corrected chi connectivity index (χ3v) is 3.90. The molecular formula is C14H12N2OS. The van der Waals surface area contributed by atoms with Gasteiger partial charge < -0.3 is 10.8 Å². The number of hydrogen-bond acceptors (Lipinski definition) is 4. The first-order valence-corrected chi connectivity index (χ1v) is 6.41. The van der Waals surface area contributed by atoms with Gasteiger partial charge in [0.2, 0.25) is 0 Å². The van der Waals surface area contributed by atoms with Crippen molar-refractivity contribution in [3.63, 3.8) is 0 Å². The largest absolute Gasteiger partial charge is 0.506 e. The topological polar surface area (TPSA) is 59.1 Å². The molecule has 3 rings (SSSR count). The Morgan fingerprint density at radius 2 is 2.00 bits per heavy atom. The van der Waals surface area contributed by atoms with E-state index in [2.05, 4.69) is 30.1 Å². The van der Waals surface area contributed by atoms with E-state index >= 15 is 0 Å². The number of rotatable bonds is 1. The van der Waals surface area contributed by atoms with Gasteiger partial charge in [0.05, 0.1) is 15.9 Å². The van der Waals surface area contributed by atoms with Crippen LogP contribution in [0.1, 0.15) is 5.56 Å². The molecule has 0 fully saturated rings. The van der Waals surface area contributed by atoms with Crippen molar-refractivity contribution in [1.82, 2.24) is 4.98 Å². The van der Waals surface area contributed by atoms with Crippen molar-refractivity contribution in [2.75, 3.05) is 5.73 Å². The first-order valence-electron chi connectivity index (χ1n) is 5.59. The first kappa shape index (κ1) is 11.0. The summed E-state index contributed by atoms with van der Waals surface area (Å²) in [4.78, 5) is 4.60. The van der Waals surface area contributed by atoms with Gasteiger partial charge in [-0.2, -0.15) is 0 Å². The molecule has 3 aromatic rings. The molecule has 3 N–H and O–H groups in total. The Labute approximate surface area is 109 Å². The zero-order chi connectivity index (χ0) is 12.7. The molecule has 0 saturated carbocycles. The lowest BCUT2D eigenvalue weighted by Crippen LogP contribution is -1.86. The molecule has 3 nitrogen and oxygen atoms in total. The van der Waals surface area contributed by atoms with Gasteiger partial charge in [0.15, 0.2) is 0 Å². The molecule has 0 aliphatic rings. The molecule has 1 heterocycles. The van der Waals surface area contributed by atoms with Crippen LogP contribution in [0, 0.1) is 6.92 Å². The summed E-state index contributed by atoms with van der Waals surface area (Å²) >= 11 is 1.63. The van der Waals surface area contributed by atoms with Crippen LogP contribution < -0.4 is 5.73 Å². The van der Waals surface area contributed by atoms with E-state index in [1.165, 1.54) is 5.56 Å². The summed E-state index contributed by atoms with van der Waals surface area (Å²) in [6.45, 7) is 2.05. The van der Waals surface area contributed by atoms with Gasteiger partial charge in [-0.1, -0.05) is 6.07 Å². The lowest BCUT2D eigenvalue weighted by molar-refractivity contribution is 0.478. The van der Waals surface area contributed by atoms with Crippen molar-refractivity contribution in [2.24, 2.45) is 0 Å². The average Bonchev–Trinajstić information content (AvgIpc) is 2.75. The Morgan fingerprint density at radius 1 is 1.17 bits per heavy atom. The van der Waals surface area contributed by atoms with Gasteiger partial charge in [-0.25, -0.2) is 4.98 Å². The van der Waals surface area contributed by atoms with Crippen LogP contribution in [0.4, 0.5) is 5.69 Å². The molecule has 0 aliphatic heterocycles. The molecule has 90 valence electrons. The molecule has 1 aromatic heterocycles. The van der Waals surface area contributed by atoms with E-state index in [0.29, 0.717) is 5.69 Å². The van der Waals surface area contributed by atoms with Crippen molar-refractivity contribution in [3.8, 4) is 16.3 Å². The first-order chi connectivity index (χ1) is 8.63. The van der Waals surface area contributed by atoms with E-state index in [0.717, 1.165) is 20.8 Å². The van der Waals surface area contributed by atoms with E-state index in [4.69, 9.17) is 5.73 Å². The third-order valence-electron chi connectivity index (χ3n) is 2.82. The minimum absolute atomic E-state index is 0.107. The number of fused-ring (bicyclic) bond motifs is 1. The Balaban J connectivity index is 2.16. The number of nitrogens with two attached hydrogens (primary N) is 1. The molecule has 2 aromatic carbocycles. The summed E-state index contributed by atoms with van der Waals surface area (Å²) < 4.78 is 1.15. The number of benzene rings is 2. The van der Waals surface area contributed by atoms with Gasteiger partial charge in [-0.3, -0.25) is 0 Å². The number of anilines is 1. The summed E-state index contributed by atoms with van der Waals surface area (Å²) in [5.41, 5.74) is 9.22. The molecule has 0 aliphatic carbocycles. The fourth-order valence-electron chi connectivity index (χ4n) is 1.85. The molecule has 0 radical (unpaired) electrons. The molecule has 18 heavy (non-hydrogen) atoms. The zero-order valence-corrected chi connectivity index (χ0v) is 10.7. The van der Waals surface area contributed by atoms with E-state index in [1.807, 2.05) is 6.07 Å². The highest BCUT2D eigenvalue weighted by atomic mass is 32.1. The summed E-state index contributed by atoms with van der Waals surface area (Å²) in [7, 11) is 0. The van der Waals surface area contributed by atoms with Gasteiger partial charge in [0.1, 0.15) is 10.8 Å². The van der Waals surface area contributed by atoms with Gasteiger partial charge in [0.25, 0.3) is 0 Å². The average molecular weight is 256 g/mol. The number of nitrogens with zero attached hydrogens (tertiary/aromatic N) is 1. The monoisotopic (exact) mass is 256 g/mol. The smallest absolute Gasteiger partial charge is 0.138 e. The van der Waals surface area contributed by atoms with Gasteiger partial charge in [0, 0.05) is 5.56 Å². The fraction of sp³-hybridized carbons (Fsp3) is 0.0714. The fourth-order valence-corrected chi connectivity index (χ4v) is 2.79. The Hall–Kier alpha value is -2.07. The molecule has 4 heteroatoms. The molecule has 0 spiro atoms. The van der Waals surface area contributed by atoms with Crippen LogP contribution in [-0.2, 0) is 0 Å². The summed E-state index contributed by atoms with van der Waals surface area (Å²) in [5, 5.41) is 10.3. The lowest BCUT2D eigenvalue weighted by Gasteiger charge is -2.00. The number of phenols is 1. The minimum atomic E-state index is 0.107. The molecule has 0 bridgehead atoms. The number of hydrogen-bond donors (Lipinski definition) is 2. The van der Waals surface area contributed by atoms with Crippen molar-refractivity contribution < 1.29 is 5.11 Å². The number of aryl methyl sites for hydroxylation is 1. The third kappa shape index (κ3) is 1.80. The SMILES string of the molecule is Cc1ccc2sc(-c3ccc(O)c(N)c3)nc2c1. The van der Waals surface area contributed by atoms with Gasteiger partial charge in [-0.15, -0.1) is 11.3 Å². The molecule has 0 saturated heterocycles. The lowest BCUT2D eigenvalue weighted by atomic mass is 10.2. The van der Waals surface area contributed by atoms with Crippen LogP contribution in [0.3, 0.4) is 0 Å². The highest BCUT2D eigenvalue weighted by molar-refractivity contribution is 7.21. The Bertz CT molecular complexity index is 734. The number of thiazole rings is 1. The molecular weight excluding hydrogens is 244 g/mol. The predicted molar refractivity (Wildman–Crippen MR) is 75.9 cm³/mol. The minimum Gasteiger partial charge on any atom is -0.506 e. The van der Waals surface area contributed by atoms with Crippen LogP contribution in [0.25, 0.3) is 20.8 Å². The normalized spacial score (nSPS) is 10.9. The summed E-state index contributed by atoms with van der Waals surface area (Å²) in [5.74, 6) is 0.107. The van der Waals surface area contributed by atoms with Gasteiger partial charge >= 0.3 is 0 Å². The van der Waals surface area contributed by atoms with E-state index in [1.54, 1.807) is 23.5 Å². The predicted octanol–water partition coefficient (Wildman–Crippen LogP) is 3.56. The Morgan fingerprint density at radius 3 is 2.78 bits per heavy atom. The van der Waals surface area contributed by atoms with E-state index in [9.17, 15) is 5.11 Å². The molecule has 0 amide bonds. The Kier molecular flexibility index (Phi) is 2.45. The number of nitrogen functional groups attached to an aromatic ring is 1. The molecule has 0 atom stereocenters. The second-order valence-corrected chi connectivity index (χ2v) is 5.29. The summed E-state index contributed by atoms with van der Waals surface area (Å²) in [6.07, 6.45) is 0. The van der Waals surface area contributed by atoms with Crippen LogP contribution in [0.5, 0.6) is 5.75 Å². The standard InChI is InChI=1S/C14H12N2OS/c1-8-2-5-13-11(6-8)16-14(18-13)9-3-4-12(17)10(15)7-9/h2-7,17H,15H2,1H3. The van der Waals surface area contributed by atoms with Crippen molar-refractivity contribution in [1.29, 1.82) is 0 Å². The van der Waals surface area contributed by atoms with Crippen LogP contribution in [0.2, 0.25) is 0 Å². The zero-order valence-electron chi connectivity index (χ0n) is 9.84. The quantitative estimate of drug-likeness (QED) is 0.517.